The van der Waals surface area contributed by atoms with Gasteiger partial charge in [0.05, 0.1) is 5.52 Å². The van der Waals surface area contributed by atoms with Gasteiger partial charge in [-0.3, -0.25) is 4.98 Å². The standard InChI is InChI=1S/C15H18FN3/c1-15(6-8-17-10-15)19-9-11-4-5-13(16)12-3-2-7-18-14(11)12/h2-5,7,17,19H,6,8-10H2,1H3. The number of nitrogens with one attached hydrogen (secondary N) is 2. The molecule has 0 spiro atoms. The van der Waals surface area contributed by atoms with Gasteiger partial charge in [-0.15, -0.1) is 0 Å². The number of aromatic nitrogens is 1. The highest BCUT2D eigenvalue weighted by atomic mass is 19.1. The first kappa shape index (κ1) is 12.5. The van der Waals surface area contributed by atoms with Crippen LogP contribution in [-0.4, -0.2) is 23.6 Å². The lowest BCUT2D eigenvalue weighted by atomic mass is 10.0. The minimum atomic E-state index is -0.208. The maximum absolute atomic E-state index is 13.7. The van der Waals surface area contributed by atoms with Crippen LogP contribution < -0.4 is 10.6 Å². The molecule has 1 aliphatic rings. The Balaban J connectivity index is 1.87. The van der Waals surface area contributed by atoms with Gasteiger partial charge in [0.15, 0.2) is 0 Å². The molecule has 0 amide bonds. The Kier molecular flexibility index (Phi) is 3.21. The molecule has 2 N–H and O–H groups in total. The van der Waals surface area contributed by atoms with E-state index >= 15 is 0 Å². The van der Waals surface area contributed by atoms with Gasteiger partial charge in [0.25, 0.3) is 0 Å². The van der Waals surface area contributed by atoms with E-state index in [9.17, 15) is 4.39 Å². The minimum absolute atomic E-state index is 0.121. The first-order chi connectivity index (χ1) is 9.18. The number of nitrogens with zero attached hydrogens (tertiary/aromatic N) is 1. The van der Waals surface area contributed by atoms with Gasteiger partial charge in [-0.1, -0.05) is 6.07 Å². The number of fused-ring (bicyclic) bond motifs is 1. The summed E-state index contributed by atoms with van der Waals surface area (Å²) in [6.07, 6.45) is 2.82. The van der Waals surface area contributed by atoms with Crippen LogP contribution in [0, 0.1) is 5.82 Å². The zero-order valence-corrected chi connectivity index (χ0v) is 11.0. The Morgan fingerprint density at radius 2 is 2.32 bits per heavy atom. The Morgan fingerprint density at radius 3 is 3.11 bits per heavy atom. The van der Waals surface area contributed by atoms with Gasteiger partial charge in [0.1, 0.15) is 5.82 Å². The van der Waals surface area contributed by atoms with E-state index in [-0.39, 0.29) is 11.4 Å². The fourth-order valence-corrected chi connectivity index (χ4v) is 2.62. The topological polar surface area (TPSA) is 37.0 Å². The van der Waals surface area contributed by atoms with Gasteiger partial charge >= 0.3 is 0 Å². The van der Waals surface area contributed by atoms with E-state index in [0.717, 1.165) is 30.6 Å². The van der Waals surface area contributed by atoms with Gasteiger partial charge < -0.3 is 10.6 Å². The lowest BCUT2D eigenvalue weighted by Gasteiger charge is -2.24. The summed E-state index contributed by atoms with van der Waals surface area (Å²) < 4.78 is 13.7. The molecular formula is C15H18FN3. The van der Waals surface area contributed by atoms with Crippen LogP contribution in [0.4, 0.5) is 4.39 Å². The van der Waals surface area contributed by atoms with Crippen molar-refractivity contribution in [2.45, 2.75) is 25.4 Å². The average Bonchev–Trinajstić information content (AvgIpc) is 2.86. The zero-order chi connectivity index (χ0) is 13.3. The molecule has 1 fully saturated rings. The third-order valence-corrected chi connectivity index (χ3v) is 3.87. The summed E-state index contributed by atoms with van der Waals surface area (Å²) in [5.74, 6) is -0.208. The SMILES string of the molecule is CC1(NCc2ccc(F)c3cccnc23)CCNC1. The van der Waals surface area contributed by atoms with E-state index in [0.29, 0.717) is 11.9 Å². The molecular weight excluding hydrogens is 241 g/mol. The van der Waals surface area contributed by atoms with Crippen molar-refractivity contribution < 1.29 is 4.39 Å². The van der Waals surface area contributed by atoms with Crippen molar-refractivity contribution in [3.63, 3.8) is 0 Å². The molecule has 1 aliphatic heterocycles. The van der Waals surface area contributed by atoms with E-state index in [2.05, 4.69) is 22.5 Å². The Hall–Kier alpha value is -1.52. The molecule has 2 aromatic rings. The van der Waals surface area contributed by atoms with Crippen molar-refractivity contribution in [2.75, 3.05) is 13.1 Å². The molecule has 3 rings (SSSR count). The van der Waals surface area contributed by atoms with Crippen molar-refractivity contribution in [1.82, 2.24) is 15.6 Å². The van der Waals surface area contributed by atoms with Crippen LogP contribution in [0.3, 0.4) is 0 Å². The molecule has 1 unspecified atom stereocenters. The van der Waals surface area contributed by atoms with Crippen LogP contribution in [0.25, 0.3) is 10.9 Å². The second-order valence-electron chi connectivity index (χ2n) is 5.45. The van der Waals surface area contributed by atoms with Gasteiger partial charge in [0, 0.05) is 30.2 Å². The summed E-state index contributed by atoms with van der Waals surface area (Å²) in [7, 11) is 0. The normalized spacial score (nSPS) is 23.1. The monoisotopic (exact) mass is 259 g/mol. The second kappa shape index (κ2) is 4.87. The average molecular weight is 259 g/mol. The quantitative estimate of drug-likeness (QED) is 0.887. The van der Waals surface area contributed by atoms with Crippen molar-refractivity contribution in [1.29, 1.82) is 0 Å². The van der Waals surface area contributed by atoms with Crippen molar-refractivity contribution in [3.05, 3.63) is 41.8 Å². The molecule has 1 saturated heterocycles. The molecule has 0 saturated carbocycles. The molecule has 19 heavy (non-hydrogen) atoms. The molecule has 2 heterocycles. The van der Waals surface area contributed by atoms with Gasteiger partial charge in [-0.2, -0.15) is 0 Å². The fraction of sp³-hybridized carbons (Fsp3) is 0.400. The van der Waals surface area contributed by atoms with Crippen LogP contribution in [0.5, 0.6) is 0 Å². The summed E-state index contributed by atoms with van der Waals surface area (Å²) in [5, 5.41) is 7.51. The van der Waals surface area contributed by atoms with E-state index in [1.54, 1.807) is 18.3 Å². The maximum atomic E-state index is 13.7. The molecule has 4 heteroatoms. The molecule has 0 aliphatic carbocycles. The van der Waals surface area contributed by atoms with Crippen LogP contribution in [-0.2, 0) is 6.54 Å². The molecule has 1 aromatic carbocycles. The molecule has 0 bridgehead atoms. The first-order valence-corrected chi connectivity index (χ1v) is 6.66. The number of hydrogen-bond acceptors (Lipinski definition) is 3. The summed E-state index contributed by atoms with van der Waals surface area (Å²) in [6, 6.07) is 6.89. The molecule has 100 valence electrons. The molecule has 1 aromatic heterocycles. The zero-order valence-electron chi connectivity index (χ0n) is 11.0. The van der Waals surface area contributed by atoms with Crippen LogP contribution in [0.1, 0.15) is 18.9 Å². The van der Waals surface area contributed by atoms with E-state index < -0.39 is 0 Å². The minimum Gasteiger partial charge on any atom is -0.315 e. The number of halogens is 1. The lowest BCUT2D eigenvalue weighted by molar-refractivity contribution is 0.386. The Labute approximate surface area is 112 Å². The highest BCUT2D eigenvalue weighted by Crippen LogP contribution is 2.21. The summed E-state index contributed by atoms with van der Waals surface area (Å²) in [4.78, 5) is 4.31. The van der Waals surface area contributed by atoms with Crippen LogP contribution in [0.2, 0.25) is 0 Å². The summed E-state index contributed by atoms with van der Waals surface area (Å²) >= 11 is 0. The Morgan fingerprint density at radius 1 is 1.42 bits per heavy atom. The third kappa shape index (κ3) is 2.46. The highest BCUT2D eigenvalue weighted by molar-refractivity contribution is 5.82. The predicted octanol–water partition coefficient (Wildman–Crippen LogP) is 2.22. The second-order valence-corrected chi connectivity index (χ2v) is 5.45. The van der Waals surface area contributed by atoms with Gasteiger partial charge in [0.2, 0.25) is 0 Å². The van der Waals surface area contributed by atoms with Crippen molar-refractivity contribution in [2.24, 2.45) is 0 Å². The van der Waals surface area contributed by atoms with Crippen LogP contribution >= 0.6 is 0 Å². The first-order valence-electron chi connectivity index (χ1n) is 6.66. The fourth-order valence-electron chi connectivity index (χ4n) is 2.62. The van der Waals surface area contributed by atoms with Gasteiger partial charge in [-0.25, -0.2) is 4.39 Å². The predicted molar refractivity (Wildman–Crippen MR) is 74.4 cm³/mol. The number of benzene rings is 1. The molecule has 0 radical (unpaired) electrons. The van der Waals surface area contributed by atoms with E-state index in [1.165, 1.54) is 6.07 Å². The molecule has 3 nitrogen and oxygen atoms in total. The van der Waals surface area contributed by atoms with Crippen molar-refractivity contribution >= 4 is 10.9 Å². The van der Waals surface area contributed by atoms with Crippen LogP contribution in [0.15, 0.2) is 30.5 Å². The van der Waals surface area contributed by atoms with E-state index in [4.69, 9.17) is 0 Å². The summed E-state index contributed by atoms with van der Waals surface area (Å²) in [5.41, 5.74) is 1.92. The molecule has 1 atom stereocenters. The smallest absolute Gasteiger partial charge is 0.132 e. The number of rotatable bonds is 3. The lowest BCUT2D eigenvalue weighted by Crippen LogP contribution is -2.43. The van der Waals surface area contributed by atoms with Gasteiger partial charge in [-0.05, 0) is 43.7 Å². The largest absolute Gasteiger partial charge is 0.315 e. The number of hydrogen-bond donors (Lipinski definition) is 2. The summed E-state index contributed by atoms with van der Waals surface area (Å²) in [6.45, 7) is 4.95. The maximum Gasteiger partial charge on any atom is 0.132 e. The number of pyridine rings is 1. The highest BCUT2D eigenvalue weighted by Gasteiger charge is 2.27. The third-order valence-electron chi connectivity index (χ3n) is 3.87. The Bertz CT molecular complexity index is 591. The van der Waals surface area contributed by atoms with Crippen molar-refractivity contribution in [3.8, 4) is 0 Å². The van der Waals surface area contributed by atoms with E-state index in [1.807, 2.05) is 6.07 Å².